The van der Waals surface area contributed by atoms with E-state index in [1.54, 1.807) is 18.3 Å². The molecule has 0 radical (unpaired) electrons. The van der Waals surface area contributed by atoms with Gasteiger partial charge in [-0.15, -0.1) is 0 Å². The Hall–Kier alpha value is -3.73. The maximum absolute atomic E-state index is 12.8. The Morgan fingerprint density at radius 2 is 1.47 bits per heavy atom. The molecule has 5 nitrogen and oxygen atoms in total. The lowest BCUT2D eigenvalue weighted by Gasteiger charge is -2.26. The lowest BCUT2D eigenvalue weighted by Crippen LogP contribution is -2.41. The highest BCUT2D eigenvalue weighted by molar-refractivity contribution is 5.81. The first-order valence-electron chi connectivity index (χ1n) is 9.97. The summed E-state index contributed by atoms with van der Waals surface area (Å²) in [7, 11) is 0. The Morgan fingerprint density at radius 1 is 0.900 bits per heavy atom. The van der Waals surface area contributed by atoms with Gasteiger partial charge in [0.2, 0.25) is 5.91 Å². The number of benzene rings is 3. The van der Waals surface area contributed by atoms with Crippen LogP contribution in [0, 0.1) is 0 Å². The van der Waals surface area contributed by atoms with Crippen LogP contribution in [0.2, 0.25) is 0 Å². The maximum atomic E-state index is 12.8. The lowest BCUT2D eigenvalue weighted by atomic mass is 9.86. The fourth-order valence-electron chi connectivity index (χ4n) is 3.85. The average molecular weight is 397 g/mol. The fraction of sp³-hybridized carbons (Fsp3) is 0.160. The zero-order valence-electron chi connectivity index (χ0n) is 16.7. The Kier molecular flexibility index (Phi) is 5.70. The molecule has 0 aliphatic rings. The minimum absolute atomic E-state index is 0.00219. The summed E-state index contributed by atoms with van der Waals surface area (Å²) in [6.07, 6.45) is 1.62. The van der Waals surface area contributed by atoms with Crippen LogP contribution in [0.5, 0.6) is 0 Å². The first kappa shape index (κ1) is 19.6. The van der Waals surface area contributed by atoms with E-state index in [0.29, 0.717) is 5.39 Å². The van der Waals surface area contributed by atoms with Crippen molar-refractivity contribution in [3.05, 3.63) is 113 Å². The molecule has 150 valence electrons. The molecule has 1 unspecified atom stereocenters. The van der Waals surface area contributed by atoms with Gasteiger partial charge in [-0.2, -0.15) is 5.10 Å². The third kappa shape index (κ3) is 4.15. The van der Waals surface area contributed by atoms with Crippen molar-refractivity contribution in [3.63, 3.8) is 0 Å². The van der Waals surface area contributed by atoms with Crippen LogP contribution in [0.1, 0.15) is 24.0 Å². The molecule has 1 N–H and O–H groups in total. The number of hydrogen-bond donors (Lipinski definition) is 1. The molecule has 5 heteroatoms. The normalized spacial score (nSPS) is 12.1. The summed E-state index contributed by atoms with van der Waals surface area (Å²) < 4.78 is 1.21. The summed E-state index contributed by atoms with van der Waals surface area (Å²) >= 11 is 0. The van der Waals surface area contributed by atoms with Gasteiger partial charge in [0.25, 0.3) is 5.56 Å². The third-order valence-electron chi connectivity index (χ3n) is 5.26. The summed E-state index contributed by atoms with van der Waals surface area (Å²) in [6.45, 7) is 1.86. The molecule has 0 aliphatic carbocycles. The van der Waals surface area contributed by atoms with E-state index >= 15 is 0 Å². The molecule has 0 bridgehead atoms. The maximum Gasteiger partial charge on any atom is 0.275 e. The number of nitrogens with one attached hydrogen (secondary N) is 1. The predicted molar refractivity (Wildman–Crippen MR) is 118 cm³/mol. The van der Waals surface area contributed by atoms with Crippen molar-refractivity contribution in [2.24, 2.45) is 0 Å². The molecule has 0 fully saturated rings. The molecule has 0 spiro atoms. The van der Waals surface area contributed by atoms with E-state index in [9.17, 15) is 9.59 Å². The SMILES string of the molecule is CC(NC(=O)Cn1ncc2ccccc2c1=O)C(c1ccccc1)c1ccccc1. The molecule has 0 saturated carbocycles. The van der Waals surface area contributed by atoms with E-state index in [0.717, 1.165) is 16.5 Å². The summed E-state index contributed by atoms with van der Waals surface area (Å²) in [5.41, 5.74) is 1.98. The molecule has 1 aromatic heterocycles. The Bertz CT molecular complexity index is 1160. The van der Waals surface area contributed by atoms with E-state index < -0.39 is 0 Å². The van der Waals surface area contributed by atoms with Crippen LogP contribution in [0.3, 0.4) is 0 Å². The van der Waals surface area contributed by atoms with Crippen LogP contribution in [-0.2, 0) is 11.3 Å². The molecule has 3 aromatic carbocycles. The molecular weight excluding hydrogens is 374 g/mol. The fourth-order valence-corrected chi connectivity index (χ4v) is 3.85. The van der Waals surface area contributed by atoms with Crippen molar-refractivity contribution < 1.29 is 4.79 Å². The Balaban J connectivity index is 1.56. The molecule has 30 heavy (non-hydrogen) atoms. The van der Waals surface area contributed by atoms with Gasteiger partial charge in [-0.1, -0.05) is 78.9 Å². The van der Waals surface area contributed by atoms with Gasteiger partial charge in [0.1, 0.15) is 6.54 Å². The van der Waals surface area contributed by atoms with Crippen molar-refractivity contribution in [2.45, 2.75) is 25.4 Å². The van der Waals surface area contributed by atoms with Gasteiger partial charge in [0.05, 0.1) is 11.6 Å². The number of amides is 1. The van der Waals surface area contributed by atoms with E-state index in [-0.39, 0.29) is 30.0 Å². The van der Waals surface area contributed by atoms with Crippen LogP contribution in [0.15, 0.2) is 95.9 Å². The summed E-state index contributed by atoms with van der Waals surface area (Å²) in [5, 5.41) is 8.54. The van der Waals surface area contributed by atoms with Crippen LogP contribution in [0.4, 0.5) is 0 Å². The van der Waals surface area contributed by atoms with Gasteiger partial charge in [0, 0.05) is 17.3 Å². The van der Waals surface area contributed by atoms with Crippen LogP contribution in [-0.4, -0.2) is 21.7 Å². The minimum atomic E-state index is -0.265. The van der Waals surface area contributed by atoms with Gasteiger partial charge >= 0.3 is 0 Å². The molecule has 0 saturated heterocycles. The second kappa shape index (κ2) is 8.74. The summed E-state index contributed by atoms with van der Waals surface area (Å²) in [6, 6.07) is 27.3. The van der Waals surface area contributed by atoms with Crippen LogP contribution >= 0.6 is 0 Å². The van der Waals surface area contributed by atoms with Crippen molar-refractivity contribution in [2.75, 3.05) is 0 Å². The number of hydrogen-bond acceptors (Lipinski definition) is 3. The first-order chi connectivity index (χ1) is 14.6. The average Bonchev–Trinajstić information content (AvgIpc) is 2.77. The largest absolute Gasteiger partial charge is 0.351 e. The highest BCUT2D eigenvalue weighted by Gasteiger charge is 2.23. The van der Waals surface area contributed by atoms with Gasteiger partial charge in [0.15, 0.2) is 0 Å². The van der Waals surface area contributed by atoms with Crippen molar-refractivity contribution in [1.29, 1.82) is 0 Å². The summed E-state index contributed by atoms with van der Waals surface area (Å²) in [4.78, 5) is 25.4. The number of nitrogens with zero attached hydrogens (tertiary/aromatic N) is 2. The second-order valence-corrected chi connectivity index (χ2v) is 7.35. The third-order valence-corrected chi connectivity index (χ3v) is 5.26. The number of rotatable bonds is 6. The van der Waals surface area contributed by atoms with Crippen molar-refractivity contribution in [1.82, 2.24) is 15.1 Å². The number of fused-ring (bicyclic) bond motifs is 1. The highest BCUT2D eigenvalue weighted by Crippen LogP contribution is 2.27. The van der Waals surface area contributed by atoms with E-state index in [2.05, 4.69) is 34.7 Å². The van der Waals surface area contributed by atoms with E-state index in [1.165, 1.54) is 4.68 Å². The van der Waals surface area contributed by atoms with Gasteiger partial charge in [-0.05, 0) is 24.1 Å². The molecule has 1 amide bonds. The summed E-state index contributed by atoms with van der Waals surface area (Å²) in [5.74, 6) is -0.248. The highest BCUT2D eigenvalue weighted by atomic mass is 16.2. The van der Waals surface area contributed by atoms with E-state index in [1.807, 2.05) is 55.5 Å². The smallest absolute Gasteiger partial charge is 0.275 e. The lowest BCUT2D eigenvalue weighted by molar-refractivity contribution is -0.122. The molecular formula is C25H23N3O2. The topological polar surface area (TPSA) is 64.0 Å². The molecule has 0 aliphatic heterocycles. The molecule has 4 rings (SSSR count). The zero-order valence-corrected chi connectivity index (χ0v) is 16.7. The number of carbonyl (C=O) groups excluding carboxylic acids is 1. The van der Waals surface area contributed by atoms with Gasteiger partial charge in [-0.3, -0.25) is 9.59 Å². The van der Waals surface area contributed by atoms with Crippen LogP contribution < -0.4 is 10.9 Å². The first-order valence-corrected chi connectivity index (χ1v) is 9.97. The molecule has 1 heterocycles. The predicted octanol–water partition coefficient (Wildman–Crippen LogP) is 3.73. The monoisotopic (exact) mass is 397 g/mol. The number of carbonyl (C=O) groups is 1. The van der Waals surface area contributed by atoms with Crippen LogP contribution in [0.25, 0.3) is 10.8 Å². The van der Waals surface area contributed by atoms with Crippen molar-refractivity contribution >= 4 is 16.7 Å². The second-order valence-electron chi connectivity index (χ2n) is 7.35. The van der Waals surface area contributed by atoms with Crippen molar-refractivity contribution in [3.8, 4) is 0 Å². The number of aromatic nitrogens is 2. The zero-order chi connectivity index (χ0) is 20.9. The van der Waals surface area contributed by atoms with E-state index in [4.69, 9.17) is 0 Å². The van der Waals surface area contributed by atoms with Gasteiger partial charge in [-0.25, -0.2) is 4.68 Å². The quantitative estimate of drug-likeness (QED) is 0.539. The standard InChI is InChI=1S/C25H23N3O2/c1-18(24(19-10-4-2-5-11-19)20-12-6-3-7-13-20)27-23(29)17-28-25(30)22-15-9-8-14-21(22)16-26-28/h2-16,18,24H,17H2,1H3,(H,27,29). The minimum Gasteiger partial charge on any atom is -0.351 e. The molecule has 4 aromatic rings. The van der Waals surface area contributed by atoms with Gasteiger partial charge < -0.3 is 5.32 Å². The Morgan fingerprint density at radius 3 is 2.10 bits per heavy atom. The Labute approximate surface area is 175 Å². The molecule has 1 atom stereocenters.